The van der Waals surface area contributed by atoms with Gasteiger partial charge in [0.05, 0.1) is 4.90 Å². The van der Waals surface area contributed by atoms with Gasteiger partial charge in [0.2, 0.25) is 10.0 Å². The highest BCUT2D eigenvalue weighted by Gasteiger charge is 2.28. The Kier molecular flexibility index (Phi) is 3.87. The van der Waals surface area contributed by atoms with Crippen molar-refractivity contribution in [2.45, 2.75) is 50.5 Å². The lowest BCUT2D eigenvalue weighted by Gasteiger charge is -2.27. The molecule has 1 aliphatic heterocycles. The van der Waals surface area contributed by atoms with E-state index in [1.54, 1.807) is 12.1 Å². The minimum absolute atomic E-state index is 0.364. The van der Waals surface area contributed by atoms with Gasteiger partial charge in [-0.15, -0.1) is 0 Å². The number of anilines is 1. The first-order valence-electron chi connectivity index (χ1n) is 6.81. The van der Waals surface area contributed by atoms with Gasteiger partial charge in [-0.2, -0.15) is 0 Å². The lowest BCUT2D eigenvalue weighted by atomic mass is 9.98. The molecule has 106 valence electrons. The fourth-order valence-corrected chi connectivity index (χ4v) is 3.83. The number of hydrogen-bond acceptors (Lipinski definition) is 3. The van der Waals surface area contributed by atoms with Crippen LogP contribution >= 0.6 is 0 Å². The summed E-state index contributed by atoms with van der Waals surface area (Å²) in [4.78, 5) is 0.364. The maximum Gasteiger partial charge on any atom is 0.241 e. The molecule has 0 aliphatic carbocycles. The van der Waals surface area contributed by atoms with Crippen LogP contribution in [0.25, 0.3) is 0 Å². The normalized spacial score (nSPS) is 15.1. The smallest absolute Gasteiger partial charge is 0.241 e. The Hall–Kier alpha value is -1.07. The SMILES string of the molecule is CCC(C)(CC)NS(=O)(=O)c1ccc2c(c1)CCN2. The highest BCUT2D eigenvalue weighted by Crippen LogP contribution is 2.26. The first-order chi connectivity index (χ1) is 8.90. The van der Waals surface area contributed by atoms with Crippen LogP contribution in [0.1, 0.15) is 39.2 Å². The summed E-state index contributed by atoms with van der Waals surface area (Å²) in [6.45, 7) is 6.82. The fourth-order valence-electron chi connectivity index (χ4n) is 2.23. The Labute approximate surface area is 115 Å². The zero-order chi connectivity index (χ0) is 14.1. The summed E-state index contributed by atoms with van der Waals surface area (Å²) >= 11 is 0. The van der Waals surface area contributed by atoms with E-state index in [2.05, 4.69) is 10.0 Å². The highest BCUT2D eigenvalue weighted by molar-refractivity contribution is 7.89. The zero-order valence-corrected chi connectivity index (χ0v) is 12.6. The number of rotatable bonds is 5. The second-order valence-electron chi connectivity index (χ2n) is 5.37. The summed E-state index contributed by atoms with van der Waals surface area (Å²) in [5.74, 6) is 0. The summed E-state index contributed by atoms with van der Waals surface area (Å²) in [6.07, 6.45) is 2.43. The third-order valence-electron chi connectivity index (χ3n) is 4.04. The van der Waals surface area contributed by atoms with Crippen molar-refractivity contribution in [2.24, 2.45) is 0 Å². The van der Waals surface area contributed by atoms with Crippen LogP contribution in [0.4, 0.5) is 5.69 Å². The molecular weight excluding hydrogens is 260 g/mol. The molecule has 1 heterocycles. The van der Waals surface area contributed by atoms with Crippen LogP contribution in [0.3, 0.4) is 0 Å². The van der Waals surface area contributed by atoms with Gasteiger partial charge in [0, 0.05) is 17.8 Å². The minimum Gasteiger partial charge on any atom is -0.384 e. The second kappa shape index (κ2) is 5.13. The largest absolute Gasteiger partial charge is 0.384 e. The van der Waals surface area contributed by atoms with Gasteiger partial charge in [0.25, 0.3) is 0 Å². The Bertz CT molecular complexity index is 563. The molecule has 0 fully saturated rings. The van der Waals surface area contributed by atoms with Crippen LogP contribution in [0, 0.1) is 0 Å². The van der Waals surface area contributed by atoms with Crippen LogP contribution in [-0.2, 0) is 16.4 Å². The maximum atomic E-state index is 12.4. The molecule has 0 bridgehead atoms. The van der Waals surface area contributed by atoms with E-state index >= 15 is 0 Å². The molecule has 2 N–H and O–H groups in total. The van der Waals surface area contributed by atoms with Gasteiger partial charge in [0.15, 0.2) is 0 Å². The molecule has 0 unspecified atom stereocenters. The van der Waals surface area contributed by atoms with Crippen molar-refractivity contribution in [1.82, 2.24) is 4.72 Å². The Balaban J connectivity index is 2.30. The maximum absolute atomic E-state index is 12.4. The average molecular weight is 282 g/mol. The summed E-state index contributed by atoms with van der Waals surface area (Å²) in [5.41, 5.74) is 1.75. The molecule has 1 aliphatic rings. The van der Waals surface area contributed by atoms with E-state index in [0.29, 0.717) is 4.90 Å². The summed E-state index contributed by atoms with van der Waals surface area (Å²) in [7, 11) is -3.44. The van der Waals surface area contributed by atoms with Crippen molar-refractivity contribution in [1.29, 1.82) is 0 Å². The third kappa shape index (κ3) is 2.92. The van der Waals surface area contributed by atoms with Gasteiger partial charge in [-0.3, -0.25) is 0 Å². The van der Waals surface area contributed by atoms with E-state index in [9.17, 15) is 8.42 Å². The molecule has 0 amide bonds. The lowest BCUT2D eigenvalue weighted by molar-refractivity contribution is 0.388. The Morgan fingerprint density at radius 3 is 2.63 bits per heavy atom. The van der Waals surface area contributed by atoms with Crippen LogP contribution in [0.5, 0.6) is 0 Å². The fraction of sp³-hybridized carbons (Fsp3) is 0.571. The summed E-state index contributed by atoms with van der Waals surface area (Å²) in [6, 6.07) is 5.31. The predicted molar refractivity (Wildman–Crippen MR) is 77.9 cm³/mol. The lowest BCUT2D eigenvalue weighted by Crippen LogP contribution is -2.44. The molecule has 19 heavy (non-hydrogen) atoms. The topological polar surface area (TPSA) is 58.2 Å². The zero-order valence-electron chi connectivity index (χ0n) is 11.8. The number of sulfonamides is 1. The van der Waals surface area contributed by atoms with Crippen molar-refractivity contribution in [2.75, 3.05) is 11.9 Å². The van der Waals surface area contributed by atoms with Crippen molar-refractivity contribution in [3.05, 3.63) is 23.8 Å². The van der Waals surface area contributed by atoms with Gasteiger partial charge in [0.1, 0.15) is 0 Å². The molecule has 0 saturated carbocycles. The van der Waals surface area contributed by atoms with E-state index in [1.165, 1.54) is 0 Å². The number of fused-ring (bicyclic) bond motifs is 1. The van der Waals surface area contributed by atoms with Gasteiger partial charge in [-0.05, 0) is 49.9 Å². The van der Waals surface area contributed by atoms with E-state index in [4.69, 9.17) is 0 Å². The molecule has 0 saturated heterocycles. The summed E-state index contributed by atoms with van der Waals surface area (Å²) < 4.78 is 27.7. The molecule has 0 aromatic heterocycles. The number of nitrogens with one attached hydrogen (secondary N) is 2. The molecule has 5 heteroatoms. The van der Waals surface area contributed by atoms with Gasteiger partial charge >= 0.3 is 0 Å². The van der Waals surface area contributed by atoms with Crippen LogP contribution in [0.15, 0.2) is 23.1 Å². The number of benzene rings is 1. The Morgan fingerprint density at radius 2 is 2.00 bits per heavy atom. The molecule has 0 atom stereocenters. The second-order valence-corrected chi connectivity index (χ2v) is 7.05. The predicted octanol–water partition coefficient (Wildman–Crippen LogP) is 2.51. The molecule has 0 spiro atoms. The van der Waals surface area contributed by atoms with Gasteiger partial charge in [-0.1, -0.05) is 13.8 Å². The monoisotopic (exact) mass is 282 g/mol. The third-order valence-corrected chi connectivity index (χ3v) is 5.67. The van der Waals surface area contributed by atoms with Gasteiger partial charge in [-0.25, -0.2) is 13.1 Å². The number of hydrogen-bond donors (Lipinski definition) is 2. The van der Waals surface area contributed by atoms with Crippen LogP contribution < -0.4 is 10.0 Å². The Morgan fingerprint density at radius 1 is 1.32 bits per heavy atom. The first kappa shape index (κ1) is 14.3. The molecule has 1 aromatic rings. The molecule has 2 rings (SSSR count). The van der Waals surface area contributed by atoms with E-state index in [0.717, 1.165) is 37.1 Å². The average Bonchev–Trinajstić information content (AvgIpc) is 2.85. The standard InChI is InChI=1S/C14H22N2O2S/c1-4-14(3,5-2)16-19(17,18)12-6-7-13-11(10-12)8-9-15-13/h6-7,10,15-16H,4-5,8-9H2,1-3H3. The van der Waals surface area contributed by atoms with Crippen molar-refractivity contribution < 1.29 is 8.42 Å². The van der Waals surface area contributed by atoms with E-state index in [-0.39, 0.29) is 5.54 Å². The molecular formula is C14H22N2O2S. The highest BCUT2D eigenvalue weighted by atomic mass is 32.2. The quantitative estimate of drug-likeness (QED) is 0.872. The van der Waals surface area contributed by atoms with Crippen LogP contribution in [-0.4, -0.2) is 20.5 Å². The molecule has 1 aromatic carbocycles. The van der Waals surface area contributed by atoms with E-state index < -0.39 is 10.0 Å². The first-order valence-corrected chi connectivity index (χ1v) is 8.29. The van der Waals surface area contributed by atoms with Crippen molar-refractivity contribution in [3.63, 3.8) is 0 Å². The molecule has 0 radical (unpaired) electrons. The van der Waals surface area contributed by atoms with Crippen molar-refractivity contribution in [3.8, 4) is 0 Å². The van der Waals surface area contributed by atoms with E-state index in [1.807, 2.05) is 26.8 Å². The van der Waals surface area contributed by atoms with Crippen LogP contribution in [0.2, 0.25) is 0 Å². The van der Waals surface area contributed by atoms with Crippen molar-refractivity contribution >= 4 is 15.7 Å². The summed E-state index contributed by atoms with van der Waals surface area (Å²) in [5, 5.41) is 3.23. The minimum atomic E-state index is -3.44. The van der Waals surface area contributed by atoms with Gasteiger partial charge < -0.3 is 5.32 Å². The molecule has 4 nitrogen and oxygen atoms in total.